The smallest absolute Gasteiger partial charge is 0.171 e. The number of carbonyl (C=O) groups excluding carboxylic acids is 1. The van der Waals surface area contributed by atoms with E-state index in [1.54, 1.807) is 14.0 Å². The first-order valence-corrected chi connectivity index (χ1v) is 5.35. The molecule has 0 aliphatic heterocycles. The molecule has 0 saturated carbocycles. The van der Waals surface area contributed by atoms with Gasteiger partial charge in [-0.3, -0.25) is 4.79 Å². The highest BCUT2D eigenvalue weighted by Gasteiger charge is 2.15. The van der Waals surface area contributed by atoms with Crippen LogP contribution in [0, 0.1) is 6.92 Å². The number of aromatic nitrogens is 1. The molecule has 0 aliphatic carbocycles. The van der Waals surface area contributed by atoms with E-state index in [1.807, 2.05) is 13.8 Å². The van der Waals surface area contributed by atoms with Gasteiger partial charge in [0, 0.05) is 20.0 Å². The van der Waals surface area contributed by atoms with E-state index in [4.69, 9.17) is 4.74 Å². The fourth-order valence-electron chi connectivity index (χ4n) is 1.28. The number of hydrogen-bond donors (Lipinski definition) is 0. The molecule has 0 saturated heterocycles. The van der Waals surface area contributed by atoms with Crippen LogP contribution in [-0.4, -0.2) is 24.5 Å². The molecule has 1 atom stereocenters. The van der Waals surface area contributed by atoms with Gasteiger partial charge in [-0.2, -0.15) is 0 Å². The average molecular weight is 213 g/mol. The lowest BCUT2D eigenvalue weighted by molar-refractivity contribution is 0.102. The monoisotopic (exact) mass is 213 g/mol. The van der Waals surface area contributed by atoms with Gasteiger partial charge in [0.1, 0.15) is 0 Å². The van der Waals surface area contributed by atoms with Gasteiger partial charge in [0.05, 0.1) is 22.2 Å². The van der Waals surface area contributed by atoms with Gasteiger partial charge in [0.15, 0.2) is 5.78 Å². The van der Waals surface area contributed by atoms with Crippen molar-refractivity contribution in [3.8, 4) is 0 Å². The highest BCUT2D eigenvalue weighted by Crippen LogP contribution is 2.25. The predicted molar refractivity (Wildman–Crippen MR) is 57.1 cm³/mol. The lowest BCUT2D eigenvalue weighted by Gasteiger charge is -2.04. The molecule has 0 N–H and O–H groups in total. The number of ketones is 1. The van der Waals surface area contributed by atoms with Crippen LogP contribution in [0.15, 0.2) is 0 Å². The fourth-order valence-corrected chi connectivity index (χ4v) is 2.27. The molecule has 0 bridgehead atoms. The van der Waals surface area contributed by atoms with E-state index in [0.717, 1.165) is 15.6 Å². The normalized spacial score (nSPS) is 12.9. The second-order valence-electron chi connectivity index (χ2n) is 3.38. The Morgan fingerprint density at radius 2 is 2.29 bits per heavy atom. The van der Waals surface area contributed by atoms with E-state index < -0.39 is 0 Å². The summed E-state index contributed by atoms with van der Waals surface area (Å²) in [7, 11) is 1.67. The van der Waals surface area contributed by atoms with Gasteiger partial charge in [0.2, 0.25) is 0 Å². The van der Waals surface area contributed by atoms with Crippen molar-refractivity contribution >= 4 is 17.1 Å². The molecule has 0 amide bonds. The lowest BCUT2D eigenvalue weighted by atomic mass is 10.2. The Morgan fingerprint density at radius 1 is 1.64 bits per heavy atom. The molecule has 1 aromatic heterocycles. The number of hydrogen-bond acceptors (Lipinski definition) is 4. The zero-order valence-corrected chi connectivity index (χ0v) is 9.77. The molecular weight excluding hydrogens is 198 g/mol. The Bertz CT molecular complexity index is 333. The molecule has 1 unspecified atom stereocenters. The van der Waals surface area contributed by atoms with Crippen molar-refractivity contribution in [3.05, 3.63) is 15.6 Å². The van der Waals surface area contributed by atoms with E-state index in [9.17, 15) is 4.79 Å². The molecular formula is C10H15NO2S. The van der Waals surface area contributed by atoms with Crippen LogP contribution < -0.4 is 0 Å². The topological polar surface area (TPSA) is 39.2 Å². The number of carbonyl (C=O) groups is 1. The first-order chi connectivity index (χ1) is 6.56. The number of thiazole rings is 1. The van der Waals surface area contributed by atoms with Crippen molar-refractivity contribution in [1.29, 1.82) is 0 Å². The second kappa shape index (κ2) is 4.66. The molecule has 0 spiro atoms. The molecule has 78 valence electrons. The summed E-state index contributed by atoms with van der Waals surface area (Å²) < 4.78 is 5.05. The van der Waals surface area contributed by atoms with Crippen molar-refractivity contribution in [3.63, 3.8) is 0 Å². The lowest BCUT2D eigenvalue weighted by Crippen LogP contribution is -2.00. The van der Waals surface area contributed by atoms with Crippen LogP contribution in [0.1, 0.15) is 40.1 Å². The van der Waals surface area contributed by atoms with Gasteiger partial charge >= 0.3 is 0 Å². The molecule has 4 heteroatoms. The summed E-state index contributed by atoms with van der Waals surface area (Å²) in [5, 5.41) is 0.981. The third-order valence-electron chi connectivity index (χ3n) is 1.97. The van der Waals surface area contributed by atoms with E-state index in [-0.39, 0.29) is 11.7 Å². The highest BCUT2D eigenvalue weighted by atomic mass is 32.1. The van der Waals surface area contributed by atoms with E-state index in [0.29, 0.717) is 6.61 Å². The summed E-state index contributed by atoms with van der Waals surface area (Å²) in [6, 6.07) is 0. The van der Waals surface area contributed by atoms with Crippen molar-refractivity contribution < 1.29 is 9.53 Å². The minimum atomic E-state index is 0.0934. The maximum atomic E-state index is 11.2. The van der Waals surface area contributed by atoms with Gasteiger partial charge in [-0.05, 0) is 6.92 Å². The van der Waals surface area contributed by atoms with Crippen molar-refractivity contribution in [2.24, 2.45) is 0 Å². The number of ether oxygens (including phenoxy) is 1. The zero-order valence-electron chi connectivity index (χ0n) is 8.96. The maximum Gasteiger partial charge on any atom is 0.171 e. The van der Waals surface area contributed by atoms with Gasteiger partial charge in [-0.1, -0.05) is 6.92 Å². The number of nitrogens with zero attached hydrogens (tertiary/aromatic N) is 1. The maximum absolute atomic E-state index is 11.2. The molecule has 14 heavy (non-hydrogen) atoms. The van der Waals surface area contributed by atoms with Crippen LogP contribution in [0.25, 0.3) is 0 Å². The minimum Gasteiger partial charge on any atom is -0.384 e. The quantitative estimate of drug-likeness (QED) is 0.721. The molecule has 1 rings (SSSR count). The minimum absolute atomic E-state index is 0.0934. The Morgan fingerprint density at radius 3 is 2.71 bits per heavy atom. The summed E-state index contributed by atoms with van der Waals surface area (Å²) in [6.07, 6.45) is 0. The molecule has 1 aromatic rings. The molecule has 3 nitrogen and oxygen atoms in total. The van der Waals surface area contributed by atoms with Crippen LogP contribution >= 0.6 is 11.3 Å². The molecule has 1 heterocycles. The largest absolute Gasteiger partial charge is 0.384 e. The van der Waals surface area contributed by atoms with Crippen LogP contribution in [0.5, 0.6) is 0 Å². The van der Waals surface area contributed by atoms with Crippen LogP contribution in [0.2, 0.25) is 0 Å². The molecule has 0 radical (unpaired) electrons. The van der Waals surface area contributed by atoms with Gasteiger partial charge in [0.25, 0.3) is 0 Å². The summed E-state index contributed by atoms with van der Waals surface area (Å²) in [5.74, 6) is 0.354. The first kappa shape index (κ1) is 11.3. The van der Waals surface area contributed by atoms with Crippen LogP contribution in [-0.2, 0) is 4.74 Å². The third-order valence-corrected chi connectivity index (χ3v) is 3.46. The summed E-state index contributed by atoms with van der Waals surface area (Å²) >= 11 is 1.47. The number of aryl methyl sites for hydroxylation is 1. The van der Waals surface area contributed by atoms with Crippen LogP contribution in [0.4, 0.5) is 0 Å². The number of methoxy groups -OCH3 is 1. The Labute approximate surface area is 88.1 Å². The molecule has 0 fully saturated rings. The summed E-state index contributed by atoms with van der Waals surface area (Å²) in [4.78, 5) is 16.3. The van der Waals surface area contributed by atoms with Crippen molar-refractivity contribution in [2.75, 3.05) is 13.7 Å². The van der Waals surface area contributed by atoms with E-state index in [1.165, 1.54) is 11.3 Å². The standard InChI is InChI=1S/C10H15NO2S/c1-6(5-13-4)10-11-7(2)9(14-10)8(3)12/h6H,5H2,1-4H3. The average Bonchev–Trinajstić information content (AvgIpc) is 2.48. The number of Topliss-reactive ketones (excluding diaryl/α,β-unsaturated/α-hetero) is 1. The SMILES string of the molecule is COCC(C)c1nc(C)c(C(C)=O)s1. The first-order valence-electron chi connectivity index (χ1n) is 4.53. The zero-order chi connectivity index (χ0) is 10.7. The Balaban J connectivity index is 2.90. The molecule has 0 aliphatic rings. The van der Waals surface area contributed by atoms with E-state index in [2.05, 4.69) is 4.98 Å². The number of rotatable bonds is 4. The van der Waals surface area contributed by atoms with Crippen molar-refractivity contribution in [1.82, 2.24) is 4.98 Å². The molecule has 0 aromatic carbocycles. The second-order valence-corrected chi connectivity index (χ2v) is 4.41. The predicted octanol–water partition coefficient (Wildman–Crippen LogP) is 2.40. The van der Waals surface area contributed by atoms with Gasteiger partial charge in [-0.15, -0.1) is 11.3 Å². The van der Waals surface area contributed by atoms with Gasteiger partial charge < -0.3 is 4.74 Å². The highest BCUT2D eigenvalue weighted by molar-refractivity contribution is 7.13. The Hall–Kier alpha value is -0.740. The van der Waals surface area contributed by atoms with Gasteiger partial charge in [-0.25, -0.2) is 4.98 Å². The van der Waals surface area contributed by atoms with E-state index >= 15 is 0 Å². The summed E-state index contributed by atoms with van der Waals surface area (Å²) in [6.45, 7) is 6.14. The third kappa shape index (κ3) is 2.39. The van der Waals surface area contributed by atoms with Crippen LogP contribution in [0.3, 0.4) is 0 Å². The summed E-state index contributed by atoms with van der Waals surface area (Å²) in [5.41, 5.74) is 0.834. The fraction of sp³-hybridized carbons (Fsp3) is 0.600. The van der Waals surface area contributed by atoms with Crippen molar-refractivity contribution in [2.45, 2.75) is 26.7 Å². The Kier molecular flexibility index (Phi) is 3.77.